The maximum Gasteiger partial charge on any atom is 0.317 e. The molecule has 0 heterocycles. The van der Waals surface area contributed by atoms with Crippen molar-refractivity contribution in [2.45, 2.75) is 27.7 Å². The lowest BCUT2D eigenvalue weighted by atomic mass is 9.90. The zero-order valence-corrected chi connectivity index (χ0v) is 10.4. The summed E-state index contributed by atoms with van der Waals surface area (Å²) < 4.78 is 0. The molecule has 0 saturated heterocycles. The Kier molecular flexibility index (Phi) is 6.23. The second-order valence-corrected chi connectivity index (χ2v) is 3.43. The van der Waals surface area contributed by atoms with Gasteiger partial charge in [-0.25, -0.2) is 0 Å². The fourth-order valence-electron chi connectivity index (χ4n) is 1.19. The maximum atomic E-state index is 10.9. The number of hydrogen-bond acceptors (Lipinski definition) is 2. The van der Waals surface area contributed by atoms with Crippen LogP contribution in [0.5, 0.6) is 0 Å². The molecular formula is C13H21NO2. The van der Waals surface area contributed by atoms with Gasteiger partial charge in [0.15, 0.2) is 0 Å². The molecule has 0 aromatic carbocycles. The van der Waals surface area contributed by atoms with Crippen molar-refractivity contribution < 1.29 is 9.90 Å². The van der Waals surface area contributed by atoms with Crippen molar-refractivity contribution >= 4 is 5.97 Å². The smallest absolute Gasteiger partial charge is 0.317 e. The normalized spacial score (nSPS) is 22.6. The van der Waals surface area contributed by atoms with Crippen molar-refractivity contribution in [1.82, 2.24) is 5.32 Å². The van der Waals surface area contributed by atoms with E-state index in [1.165, 1.54) is 0 Å². The molecule has 3 heteroatoms. The number of nitrogens with one attached hydrogen (secondary N) is 1. The fraction of sp³-hybridized carbons (Fsp3) is 0.462. The number of allylic oxidation sites excluding steroid dienone is 3. The largest absolute Gasteiger partial charge is 0.480 e. The van der Waals surface area contributed by atoms with E-state index in [9.17, 15) is 4.79 Å². The monoisotopic (exact) mass is 223 g/mol. The van der Waals surface area contributed by atoms with Gasteiger partial charge in [-0.15, -0.1) is 0 Å². The molecule has 3 nitrogen and oxygen atoms in total. The minimum absolute atomic E-state index is 0.827. The van der Waals surface area contributed by atoms with Crippen LogP contribution < -0.4 is 5.32 Å². The first kappa shape index (κ1) is 14.5. The van der Waals surface area contributed by atoms with Crippen LogP contribution in [0.2, 0.25) is 0 Å². The van der Waals surface area contributed by atoms with E-state index in [1.807, 2.05) is 26.8 Å². The highest BCUT2D eigenvalue weighted by atomic mass is 16.4. The first-order valence-electron chi connectivity index (χ1n) is 5.64. The first-order chi connectivity index (χ1) is 7.58. The van der Waals surface area contributed by atoms with Crippen molar-refractivity contribution in [2.75, 3.05) is 6.54 Å². The molecule has 1 aliphatic rings. The summed E-state index contributed by atoms with van der Waals surface area (Å²) in [6, 6.07) is 0. The topological polar surface area (TPSA) is 49.3 Å². The average molecular weight is 223 g/mol. The van der Waals surface area contributed by atoms with Crippen LogP contribution in [0.1, 0.15) is 27.7 Å². The van der Waals surface area contributed by atoms with Crippen LogP contribution in [-0.4, -0.2) is 17.6 Å². The Labute approximate surface area is 97.6 Å². The van der Waals surface area contributed by atoms with Crippen LogP contribution in [0.25, 0.3) is 0 Å². The highest BCUT2D eigenvalue weighted by Crippen LogP contribution is 2.23. The molecule has 0 bridgehead atoms. The van der Waals surface area contributed by atoms with Crippen LogP contribution in [0.3, 0.4) is 0 Å². The number of aliphatic carboxylic acids is 1. The molecule has 2 N–H and O–H groups in total. The van der Waals surface area contributed by atoms with E-state index in [0.29, 0.717) is 0 Å². The fourth-order valence-corrected chi connectivity index (χ4v) is 1.19. The van der Waals surface area contributed by atoms with Crippen LogP contribution in [0.15, 0.2) is 36.1 Å². The number of carboxylic acids is 1. The third-order valence-electron chi connectivity index (χ3n) is 2.17. The molecule has 1 rings (SSSR count). The maximum absolute atomic E-state index is 10.9. The molecule has 0 radical (unpaired) electrons. The number of likely N-dealkylation sites (N-methyl/N-ethyl adjacent to an activating group) is 1. The van der Waals surface area contributed by atoms with Gasteiger partial charge in [-0.2, -0.15) is 0 Å². The summed E-state index contributed by atoms with van der Waals surface area (Å²) in [5.74, 6) is -0.837. The Balaban J connectivity index is 0.00000106. The van der Waals surface area contributed by atoms with Crippen LogP contribution >= 0.6 is 0 Å². The van der Waals surface area contributed by atoms with E-state index in [-0.39, 0.29) is 0 Å². The highest BCUT2D eigenvalue weighted by molar-refractivity contribution is 5.79. The van der Waals surface area contributed by atoms with Gasteiger partial charge in [0.25, 0.3) is 0 Å². The Morgan fingerprint density at radius 3 is 2.56 bits per heavy atom. The summed E-state index contributed by atoms with van der Waals surface area (Å²) in [4.78, 5) is 10.9. The molecule has 0 saturated carbocycles. The Morgan fingerprint density at radius 1 is 1.44 bits per heavy atom. The summed E-state index contributed by atoms with van der Waals surface area (Å²) in [7, 11) is 0. The van der Waals surface area contributed by atoms with E-state index in [1.54, 1.807) is 31.2 Å². The zero-order valence-electron chi connectivity index (χ0n) is 10.4. The molecule has 90 valence electrons. The van der Waals surface area contributed by atoms with Gasteiger partial charge in [-0.05, 0) is 26.0 Å². The van der Waals surface area contributed by atoms with E-state index in [2.05, 4.69) is 5.32 Å². The molecule has 1 unspecified atom stereocenters. The molecule has 0 aromatic heterocycles. The van der Waals surface area contributed by atoms with Gasteiger partial charge < -0.3 is 10.4 Å². The lowest BCUT2D eigenvalue weighted by molar-refractivity contribution is -0.142. The van der Waals surface area contributed by atoms with Crippen LogP contribution in [0.4, 0.5) is 0 Å². The third kappa shape index (κ3) is 3.93. The minimum atomic E-state index is -0.895. The van der Waals surface area contributed by atoms with Crippen LogP contribution in [0, 0.1) is 5.41 Å². The predicted octanol–water partition coefficient (Wildman–Crippen LogP) is 2.72. The summed E-state index contributed by atoms with van der Waals surface area (Å²) in [5, 5.41) is 12.1. The third-order valence-corrected chi connectivity index (χ3v) is 2.17. The molecule has 0 fully saturated rings. The lowest BCUT2D eigenvalue weighted by Gasteiger charge is -2.14. The van der Waals surface area contributed by atoms with E-state index in [4.69, 9.17) is 5.11 Å². The van der Waals surface area contributed by atoms with Crippen molar-refractivity contribution in [3.63, 3.8) is 0 Å². The molecular weight excluding hydrogens is 202 g/mol. The molecule has 0 amide bonds. The van der Waals surface area contributed by atoms with E-state index < -0.39 is 11.4 Å². The van der Waals surface area contributed by atoms with Crippen molar-refractivity contribution in [3.8, 4) is 0 Å². The van der Waals surface area contributed by atoms with Gasteiger partial charge in [-0.1, -0.05) is 32.1 Å². The number of carbonyl (C=O) groups is 1. The van der Waals surface area contributed by atoms with Crippen molar-refractivity contribution in [2.24, 2.45) is 5.41 Å². The van der Waals surface area contributed by atoms with Gasteiger partial charge in [0.05, 0.1) is 0 Å². The molecule has 0 aliphatic heterocycles. The molecule has 1 atom stereocenters. The molecule has 1 aliphatic carbocycles. The van der Waals surface area contributed by atoms with Gasteiger partial charge in [0.2, 0.25) is 0 Å². The number of rotatable bonds is 3. The predicted molar refractivity (Wildman–Crippen MR) is 67.1 cm³/mol. The summed E-state index contributed by atoms with van der Waals surface area (Å²) >= 11 is 0. The lowest BCUT2D eigenvalue weighted by Crippen LogP contribution is -2.22. The second kappa shape index (κ2) is 6.88. The van der Waals surface area contributed by atoms with E-state index in [0.717, 1.165) is 12.2 Å². The van der Waals surface area contributed by atoms with E-state index >= 15 is 0 Å². The van der Waals surface area contributed by atoms with Crippen molar-refractivity contribution in [1.29, 1.82) is 0 Å². The Hall–Kier alpha value is -1.51. The Morgan fingerprint density at radius 2 is 2.06 bits per heavy atom. The molecule has 0 aromatic rings. The second-order valence-electron chi connectivity index (χ2n) is 3.43. The minimum Gasteiger partial charge on any atom is -0.480 e. The highest BCUT2D eigenvalue weighted by Gasteiger charge is 2.27. The molecule has 16 heavy (non-hydrogen) atoms. The first-order valence-corrected chi connectivity index (χ1v) is 5.64. The van der Waals surface area contributed by atoms with Crippen LogP contribution in [-0.2, 0) is 4.79 Å². The summed E-state index contributed by atoms with van der Waals surface area (Å²) in [5.41, 5.74) is 0.0435. The quantitative estimate of drug-likeness (QED) is 0.773. The summed E-state index contributed by atoms with van der Waals surface area (Å²) in [6.07, 6.45) is 8.81. The number of carboxylic acid groups (broad SMARTS) is 1. The SMILES string of the molecule is CC.CCNC1=CC=CC(C)(C(=O)O)C=C1. The van der Waals surface area contributed by atoms with Gasteiger partial charge >= 0.3 is 5.97 Å². The Bertz CT molecular complexity index is 316. The standard InChI is InChI=1S/C11H15NO2.C2H6/c1-3-12-9-5-4-7-11(2,8-6-9)10(13)14;1-2/h4-8,12H,3H2,1-2H3,(H,13,14);1-2H3. The summed E-state index contributed by atoms with van der Waals surface area (Å²) in [6.45, 7) is 8.50. The van der Waals surface area contributed by atoms with Crippen molar-refractivity contribution in [3.05, 3.63) is 36.1 Å². The average Bonchev–Trinajstić information content (AvgIpc) is 2.46. The zero-order chi connectivity index (χ0) is 12.6. The van der Waals surface area contributed by atoms with Gasteiger partial charge in [-0.3, -0.25) is 4.79 Å². The van der Waals surface area contributed by atoms with Gasteiger partial charge in [0, 0.05) is 12.2 Å². The molecule has 0 spiro atoms. The van der Waals surface area contributed by atoms with Gasteiger partial charge in [0.1, 0.15) is 5.41 Å². The number of hydrogen-bond donors (Lipinski definition) is 2.